The number of hydrogen-bond donors (Lipinski definition) is 1. The van der Waals surface area contributed by atoms with Gasteiger partial charge in [0.05, 0.1) is 0 Å². The second-order valence-electron chi connectivity index (χ2n) is 6.01. The molecule has 2 N–H and O–H groups in total. The van der Waals surface area contributed by atoms with Gasteiger partial charge in [-0.05, 0) is 37.5 Å². The number of halogens is 1. The molecule has 1 heterocycles. The highest BCUT2D eigenvalue weighted by molar-refractivity contribution is 5.85. The van der Waals surface area contributed by atoms with Crippen LogP contribution in [-0.2, 0) is 4.79 Å². The Morgan fingerprint density at radius 1 is 1.39 bits per heavy atom. The van der Waals surface area contributed by atoms with Crippen molar-refractivity contribution in [3.8, 4) is 0 Å². The van der Waals surface area contributed by atoms with Gasteiger partial charge in [-0.1, -0.05) is 20.3 Å². The standard InChI is InChI=1S/C14H26N2O.ClH/c1-3-12-7-10(2)9-16(12)14(17)8-11-5-4-6-13(11)15;/h10-13H,3-9,15H2,1-2H3;1H/t10?,11-,12?,13+;/m0./s1. The molecule has 18 heavy (non-hydrogen) atoms. The zero-order valence-corrected chi connectivity index (χ0v) is 12.4. The lowest BCUT2D eigenvalue weighted by molar-refractivity contribution is -0.133. The Hall–Kier alpha value is -0.280. The molecule has 1 aliphatic carbocycles. The summed E-state index contributed by atoms with van der Waals surface area (Å²) in [4.78, 5) is 14.5. The van der Waals surface area contributed by atoms with Crippen molar-refractivity contribution in [2.75, 3.05) is 6.54 Å². The monoisotopic (exact) mass is 274 g/mol. The molecule has 4 atom stereocenters. The minimum atomic E-state index is 0. The van der Waals surface area contributed by atoms with Gasteiger partial charge in [0.2, 0.25) is 5.91 Å². The molecule has 1 aliphatic heterocycles. The minimum absolute atomic E-state index is 0. The van der Waals surface area contributed by atoms with Crippen LogP contribution in [0, 0.1) is 11.8 Å². The normalized spacial score (nSPS) is 35.6. The van der Waals surface area contributed by atoms with E-state index < -0.39 is 0 Å². The third-order valence-electron chi connectivity index (χ3n) is 4.57. The summed E-state index contributed by atoms with van der Waals surface area (Å²) in [5.74, 6) is 1.46. The first-order valence-corrected chi connectivity index (χ1v) is 7.16. The summed E-state index contributed by atoms with van der Waals surface area (Å²) in [5.41, 5.74) is 6.05. The first kappa shape index (κ1) is 15.8. The van der Waals surface area contributed by atoms with Crippen LogP contribution in [0.25, 0.3) is 0 Å². The van der Waals surface area contributed by atoms with E-state index in [9.17, 15) is 4.79 Å². The highest BCUT2D eigenvalue weighted by atomic mass is 35.5. The zero-order chi connectivity index (χ0) is 12.4. The minimum Gasteiger partial charge on any atom is -0.339 e. The fourth-order valence-corrected chi connectivity index (χ4v) is 3.50. The number of carbonyl (C=O) groups is 1. The Kier molecular flexibility index (Phi) is 5.93. The number of hydrogen-bond acceptors (Lipinski definition) is 2. The summed E-state index contributed by atoms with van der Waals surface area (Å²) >= 11 is 0. The third-order valence-corrected chi connectivity index (χ3v) is 4.57. The maximum absolute atomic E-state index is 12.3. The van der Waals surface area contributed by atoms with E-state index in [1.54, 1.807) is 0 Å². The van der Waals surface area contributed by atoms with E-state index in [1.807, 2.05) is 0 Å². The van der Waals surface area contributed by atoms with Gasteiger partial charge in [0.1, 0.15) is 0 Å². The Morgan fingerprint density at radius 2 is 2.11 bits per heavy atom. The number of nitrogens with zero attached hydrogens (tertiary/aromatic N) is 1. The van der Waals surface area contributed by atoms with Crippen LogP contribution in [0.3, 0.4) is 0 Å². The van der Waals surface area contributed by atoms with E-state index in [-0.39, 0.29) is 18.4 Å². The molecule has 4 heteroatoms. The van der Waals surface area contributed by atoms with Crippen LogP contribution in [0.1, 0.15) is 52.4 Å². The Labute approximate surface area is 117 Å². The van der Waals surface area contributed by atoms with Crippen molar-refractivity contribution in [2.24, 2.45) is 17.6 Å². The third kappa shape index (κ3) is 3.39. The summed E-state index contributed by atoms with van der Waals surface area (Å²) in [6, 6.07) is 0.745. The van der Waals surface area contributed by atoms with Gasteiger partial charge in [-0.2, -0.15) is 0 Å². The summed E-state index contributed by atoms with van der Waals surface area (Å²) in [6.07, 6.45) is 6.40. The second-order valence-corrected chi connectivity index (χ2v) is 6.01. The van der Waals surface area contributed by atoms with Crippen molar-refractivity contribution >= 4 is 18.3 Å². The average molecular weight is 275 g/mol. The van der Waals surface area contributed by atoms with Crippen molar-refractivity contribution in [2.45, 2.75) is 64.5 Å². The summed E-state index contributed by atoms with van der Waals surface area (Å²) in [6.45, 7) is 5.39. The molecule has 1 amide bonds. The molecular weight excluding hydrogens is 248 g/mol. The van der Waals surface area contributed by atoms with E-state index in [4.69, 9.17) is 5.73 Å². The fourth-order valence-electron chi connectivity index (χ4n) is 3.50. The van der Waals surface area contributed by atoms with Gasteiger partial charge in [0.25, 0.3) is 0 Å². The van der Waals surface area contributed by atoms with Gasteiger partial charge in [0, 0.05) is 25.0 Å². The van der Waals surface area contributed by atoms with Gasteiger partial charge in [-0.25, -0.2) is 0 Å². The quantitative estimate of drug-likeness (QED) is 0.860. The molecule has 2 fully saturated rings. The maximum Gasteiger partial charge on any atom is 0.223 e. The van der Waals surface area contributed by atoms with Crippen LogP contribution in [-0.4, -0.2) is 29.4 Å². The molecule has 2 unspecified atom stereocenters. The number of likely N-dealkylation sites (tertiary alicyclic amines) is 1. The van der Waals surface area contributed by atoms with Gasteiger partial charge in [-0.15, -0.1) is 12.4 Å². The zero-order valence-electron chi connectivity index (χ0n) is 11.6. The molecule has 2 aliphatic rings. The van der Waals surface area contributed by atoms with Crippen molar-refractivity contribution in [1.82, 2.24) is 4.90 Å². The highest BCUT2D eigenvalue weighted by Crippen LogP contribution is 2.30. The van der Waals surface area contributed by atoms with E-state index in [0.29, 0.717) is 30.2 Å². The van der Waals surface area contributed by atoms with Crippen LogP contribution in [0.2, 0.25) is 0 Å². The van der Waals surface area contributed by atoms with Crippen LogP contribution in [0.15, 0.2) is 0 Å². The lowest BCUT2D eigenvalue weighted by Gasteiger charge is -2.26. The molecule has 106 valence electrons. The molecule has 3 nitrogen and oxygen atoms in total. The first-order valence-electron chi connectivity index (χ1n) is 7.16. The van der Waals surface area contributed by atoms with Crippen molar-refractivity contribution in [3.05, 3.63) is 0 Å². The van der Waals surface area contributed by atoms with E-state index in [1.165, 1.54) is 12.8 Å². The summed E-state index contributed by atoms with van der Waals surface area (Å²) in [7, 11) is 0. The molecule has 0 spiro atoms. The van der Waals surface area contributed by atoms with Gasteiger partial charge in [-0.3, -0.25) is 4.79 Å². The number of rotatable bonds is 3. The summed E-state index contributed by atoms with van der Waals surface area (Å²) < 4.78 is 0. The predicted octanol–water partition coefficient (Wildman–Crippen LogP) is 2.57. The van der Waals surface area contributed by atoms with Gasteiger partial charge < -0.3 is 10.6 Å². The molecule has 0 aromatic carbocycles. The second kappa shape index (κ2) is 6.76. The molecule has 0 bridgehead atoms. The maximum atomic E-state index is 12.3. The average Bonchev–Trinajstić information content (AvgIpc) is 2.85. The van der Waals surface area contributed by atoms with Crippen molar-refractivity contribution in [1.29, 1.82) is 0 Å². The van der Waals surface area contributed by atoms with Gasteiger partial charge in [0.15, 0.2) is 0 Å². The Morgan fingerprint density at radius 3 is 2.67 bits per heavy atom. The smallest absolute Gasteiger partial charge is 0.223 e. The topological polar surface area (TPSA) is 46.3 Å². The van der Waals surface area contributed by atoms with Crippen LogP contribution >= 0.6 is 12.4 Å². The molecule has 0 radical (unpaired) electrons. The van der Waals surface area contributed by atoms with Crippen LogP contribution in [0.4, 0.5) is 0 Å². The summed E-state index contributed by atoms with van der Waals surface area (Å²) in [5, 5.41) is 0. The van der Waals surface area contributed by atoms with Crippen molar-refractivity contribution < 1.29 is 4.79 Å². The van der Waals surface area contributed by atoms with E-state index >= 15 is 0 Å². The van der Waals surface area contributed by atoms with E-state index in [2.05, 4.69) is 18.7 Å². The number of nitrogens with two attached hydrogens (primary N) is 1. The molecule has 2 rings (SSSR count). The van der Waals surface area contributed by atoms with Crippen molar-refractivity contribution in [3.63, 3.8) is 0 Å². The fraction of sp³-hybridized carbons (Fsp3) is 0.929. The van der Waals surface area contributed by atoms with Crippen LogP contribution in [0.5, 0.6) is 0 Å². The lowest BCUT2D eigenvalue weighted by Crippen LogP contribution is -2.38. The predicted molar refractivity (Wildman–Crippen MR) is 76.8 cm³/mol. The highest BCUT2D eigenvalue weighted by Gasteiger charge is 2.34. The molecule has 0 aromatic rings. The largest absolute Gasteiger partial charge is 0.339 e. The first-order chi connectivity index (χ1) is 8.11. The van der Waals surface area contributed by atoms with Gasteiger partial charge >= 0.3 is 0 Å². The molecule has 0 aromatic heterocycles. The molecule has 1 saturated carbocycles. The van der Waals surface area contributed by atoms with Crippen LogP contribution < -0.4 is 5.73 Å². The lowest BCUT2D eigenvalue weighted by atomic mass is 9.99. The Balaban J connectivity index is 0.00000162. The van der Waals surface area contributed by atoms with E-state index in [0.717, 1.165) is 25.8 Å². The number of carbonyl (C=O) groups excluding carboxylic acids is 1. The molecule has 1 saturated heterocycles. The Bertz CT molecular complexity index is 285. The SMILES string of the molecule is CCC1CC(C)CN1C(=O)C[C@@H]1CCC[C@H]1N.Cl. The number of amides is 1. The molecular formula is C14H27ClN2O.